The van der Waals surface area contributed by atoms with Crippen LogP contribution in [0.25, 0.3) is 10.1 Å². The topological polar surface area (TPSA) is 110 Å². The number of nitrogens with zero attached hydrogens (tertiary/aromatic N) is 4. The van der Waals surface area contributed by atoms with Crippen molar-refractivity contribution in [3.63, 3.8) is 0 Å². The molecule has 4 heterocycles. The van der Waals surface area contributed by atoms with Gasteiger partial charge in [0, 0.05) is 68.0 Å². The third-order valence-corrected chi connectivity index (χ3v) is 11.4. The first-order valence-corrected chi connectivity index (χ1v) is 16.6. The largest absolute Gasteiger partial charge is 0.340 e. The van der Waals surface area contributed by atoms with Gasteiger partial charge in [-0.15, -0.1) is 11.3 Å². The van der Waals surface area contributed by atoms with Gasteiger partial charge in [0.1, 0.15) is 10.3 Å². The lowest BCUT2D eigenvalue weighted by Crippen LogP contribution is -2.56. The summed E-state index contributed by atoms with van der Waals surface area (Å²) in [6, 6.07) is 5.94. The van der Waals surface area contributed by atoms with Gasteiger partial charge < -0.3 is 14.7 Å². The first-order chi connectivity index (χ1) is 19.1. The van der Waals surface area contributed by atoms with Crippen LogP contribution in [0.1, 0.15) is 39.0 Å². The average molecular weight is 610 g/mol. The number of carbonyl (C=O) groups excluding carboxylic acids is 3. The summed E-state index contributed by atoms with van der Waals surface area (Å²) >= 11 is 7.17. The van der Waals surface area contributed by atoms with E-state index < -0.39 is 16.1 Å². The number of hydrogen-bond acceptors (Lipinski definition) is 7. The number of hydrogen-bond donors (Lipinski definition) is 1. The van der Waals surface area contributed by atoms with Crippen LogP contribution >= 0.6 is 22.9 Å². The molecule has 0 bridgehead atoms. The second kappa shape index (κ2) is 12.3. The highest BCUT2D eigenvalue weighted by Gasteiger charge is 2.37. The van der Waals surface area contributed by atoms with Gasteiger partial charge in [-0.25, -0.2) is 8.42 Å². The Morgan fingerprint density at radius 2 is 1.77 bits per heavy atom. The first kappa shape index (κ1) is 29.2. The summed E-state index contributed by atoms with van der Waals surface area (Å²) in [4.78, 5) is 46.2. The summed E-state index contributed by atoms with van der Waals surface area (Å²) in [5.41, 5.74) is 0. The highest BCUT2D eigenvalue weighted by Crippen LogP contribution is 2.31. The molecule has 0 aliphatic carbocycles. The van der Waals surface area contributed by atoms with Crippen molar-refractivity contribution in [2.24, 2.45) is 0 Å². The molecule has 1 N–H and O–H groups in total. The minimum atomic E-state index is -3.92. The molecule has 5 rings (SSSR count). The number of piperidine rings is 1. The number of fused-ring (bicyclic) bond motifs is 1. The van der Waals surface area contributed by atoms with Gasteiger partial charge in [-0.05, 0) is 55.3 Å². The number of sulfonamides is 1. The molecule has 3 amide bonds. The highest BCUT2D eigenvalue weighted by molar-refractivity contribution is 7.91. The molecule has 10 nitrogen and oxygen atoms in total. The summed E-state index contributed by atoms with van der Waals surface area (Å²) in [5, 5.41) is 1.26. The quantitative estimate of drug-likeness (QED) is 0.492. The Morgan fingerprint density at radius 3 is 2.52 bits per heavy atom. The van der Waals surface area contributed by atoms with E-state index in [1.807, 2.05) is 16.7 Å². The maximum Gasteiger partial charge on any atom is 0.250 e. The van der Waals surface area contributed by atoms with Crippen LogP contribution in [-0.4, -0.2) is 110 Å². The van der Waals surface area contributed by atoms with Gasteiger partial charge in [0.2, 0.25) is 17.7 Å². The minimum Gasteiger partial charge on any atom is -0.340 e. The van der Waals surface area contributed by atoms with Gasteiger partial charge in [-0.2, -0.15) is 4.72 Å². The molecule has 0 saturated carbocycles. The Labute approximate surface area is 244 Å². The van der Waals surface area contributed by atoms with Crippen LogP contribution in [0.15, 0.2) is 28.5 Å². The molecule has 0 spiro atoms. The van der Waals surface area contributed by atoms with Crippen molar-refractivity contribution in [3.8, 4) is 0 Å². The van der Waals surface area contributed by atoms with Crippen molar-refractivity contribution in [1.29, 1.82) is 0 Å². The molecule has 3 aliphatic rings. The molecule has 40 heavy (non-hydrogen) atoms. The van der Waals surface area contributed by atoms with E-state index in [0.717, 1.165) is 53.9 Å². The van der Waals surface area contributed by atoms with Crippen molar-refractivity contribution >= 4 is 60.8 Å². The van der Waals surface area contributed by atoms with Gasteiger partial charge in [-0.3, -0.25) is 19.3 Å². The van der Waals surface area contributed by atoms with Crippen LogP contribution in [0.3, 0.4) is 0 Å². The number of thiophene rings is 1. The number of rotatable bonds is 8. The third-order valence-electron chi connectivity index (χ3n) is 8.07. The Bertz CT molecular complexity index is 1370. The number of likely N-dealkylation sites (tertiary alicyclic amines) is 2. The summed E-state index contributed by atoms with van der Waals surface area (Å²) in [7, 11) is -3.92. The van der Waals surface area contributed by atoms with Gasteiger partial charge in [0.25, 0.3) is 10.0 Å². The molecular weight excluding hydrogens is 574 g/mol. The van der Waals surface area contributed by atoms with Crippen molar-refractivity contribution < 1.29 is 22.8 Å². The van der Waals surface area contributed by atoms with Gasteiger partial charge in [0.05, 0.1) is 6.54 Å². The lowest BCUT2D eigenvalue weighted by molar-refractivity contribution is -0.143. The van der Waals surface area contributed by atoms with E-state index >= 15 is 0 Å². The Morgan fingerprint density at radius 1 is 1.02 bits per heavy atom. The smallest absolute Gasteiger partial charge is 0.250 e. The number of amides is 3. The molecular formula is C27H36ClN5O5S2. The standard InChI is InChI=1S/C27H36ClN5O5S2/c1-2-24(34)31-13-11-30(12-14-31)17-21-5-3-10-33(21)25(35)18-32-9-4-6-22(27(32)36)29-40(37,38)26-16-19-15-20(28)7-8-23(19)39-26/h7-8,15-16,21-22,29H,2-6,9-14,17-18H2,1H3/t21-,22-/m0/s1. The Balaban J connectivity index is 1.17. The number of piperazine rings is 1. The molecule has 3 aliphatic heterocycles. The van der Waals surface area contributed by atoms with Crippen LogP contribution < -0.4 is 4.72 Å². The molecule has 3 fully saturated rings. The molecule has 2 aromatic rings. The normalized spacial score (nSPS) is 22.9. The lowest BCUT2D eigenvalue weighted by Gasteiger charge is -2.38. The zero-order valence-corrected chi connectivity index (χ0v) is 25.1. The zero-order chi connectivity index (χ0) is 28.4. The Hall–Kier alpha value is -2.25. The molecule has 13 heteroatoms. The average Bonchev–Trinajstić information content (AvgIpc) is 3.58. The summed E-state index contributed by atoms with van der Waals surface area (Å²) in [6.07, 6.45) is 3.34. The van der Waals surface area contributed by atoms with E-state index in [-0.39, 0.29) is 34.5 Å². The first-order valence-electron chi connectivity index (χ1n) is 13.9. The number of benzene rings is 1. The molecule has 2 atom stereocenters. The van der Waals surface area contributed by atoms with Crippen molar-refractivity contribution in [3.05, 3.63) is 29.3 Å². The van der Waals surface area contributed by atoms with Gasteiger partial charge in [-0.1, -0.05) is 18.5 Å². The molecule has 218 valence electrons. The van der Waals surface area contributed by atoms with E-state index in [0.29, 0.717) is 50.5 Å². The summed E-state index contributed by atoms with van der Waals surface area (Å²) in [6.45, 7) is 6.69. The maximum absolute atomic E-state index is 13.3. The van der Waals surface area contributed by atoms with Crippen molar-refractivity contribution in [2.45, 2.75) is 55.3 Å². The summed E-state index contributed by atoms with van der Waals surface area (Å²) in [5.74, 6) is -0.279. The van der Waals surface area contributed by atoms with E-state index in [2.05, 4.69) is 9.62 Å². The fraction of sp³-hybridized carbons (Fsp3) is 0.593. The number of halogens is 1. The van der Waals surface area contributed by atoms with Crippen LogP contribution in [-0.2, 0) is 24.4 Å². The van der Waals surface area contributed by atoms with Crippen LogP contribution in [0, 0.1) is 0 Å². The zero-order valence-electron chi connectivity index (χ0n) is 22.7. The number of carbonyl (C=O) groups is 3. The predicted octanol–water partition coefficient (Wildman–Crippen LogP) is 2.37. The molecule has 0 unspecified atom stereocenters. The van der Waals surface area contributed by atoms with Crippen molar-refractivity contribution in [2.75, 3.05) is 52.4 Å². The predicted molar refractivity (Wildman–Crippen MR) is 155 cm³/mol. The second-order valence-electron chi connectivity index (χ2n) is 10.7. The van der Waals surface area contributed by atoms with Crippen LogP contribution in [0.2, 0.25) is 5.02 Å². The second-order valence-corrected chi connectivity index (χ2v) is 14.2. The van der Waals surface area contributed by atoms with E-state index in [1.165, 1.54) is 4.90 Å². The van der Waals surface area contributed by atoms with Crippen LogP contribution in [0.4, 0.5) is 0 Å². The summed E-state index contributed by atoms with van der Waals surface area (Å²) < 4.78 is 29.8. The molecule has 3 saturated heterocycles. The minimum absolute atomic E-state index is 0.0479. The SMILES string of the molecule is CCC(=O)N1CCN(C[C@@H]2CCCN2C(=O)CN2CCC[C@H](NS(=O)(=O)c3cc4cc(Cl)ccc4s3)C2=O)CC1. The van der Waals surface area contributed by atoms with E-state index in [1.54, 1.807) is 24.3 Å². The van der Waals surface area contributed by atoms with Crippen molar-refractivity contribution in [1.82, 2.24) is 24.3 Å². The monoisotopic (exact) mass is 609 g/mol. The highest BCUT2D eigenvalue weighted by atomic mass is 35.5. The van der Waals surface area contributed by atoms with Gasteiger partial charge in [0.15, 0.2) is 0 Å². The number of nitrogens with one attached hydrogen (secondary N) is 1. The third kappa shape index (κ3) is 6.46. The Kier molecular flexibility index (Phi) is 9.01. The fourth-order valence-electron chi connectivity index (χ4n) is 5.88. The van der Waals surface area contributed by atoms with Crippen LogP contribution in [0.5, 0.6) is 0 Å². The maximum atomic E-state index is 13.3. The molecule has 1 aromatic carbocycles. The van der Waals surface area contributed by atoms with Gasteiger partial charge >= 0.3 is 0 Å². The lowest BCUT2D eigenvalue weighted by atomic mass is 10.1. The molecule has 1 aromatic heterocycles. The molecule has 0 radical (unpaired) electrons. The fourth-order valence-corrected chi connectivity index (χ4v) is 8.68. The van der Waals surface area contributed by atoms with E-state index in [9.17, 15) is 22.8 Å². The van der Waals surface area contributed by atoms with E-state index in [4.69, 9.17) is 11.6 Å².